The number of carbonyl (C=O) groups excluding carboxylic acids is 3. The third-order valence-electron chi connectivity index (χ3n) is 26.0. The Kier molecular flexibility index (Phi) is 34.4. The van der Waals surface area contributed by atoms with Crippen molar-refractivity contribution in [3.05, 3.63) is 0 Å². The van der Waals surface area contributed by atoms with Crippen molar-refractivity contribution in [2.75, 3.05) is 0 Å². The van der Waals surface area contributed by atoms with Crippen LogP contribution in [0.1, 0.15) is 411 Å². The molecule has 0 aromatic rings. The van der Waals surface area contributed by atoms with Gasteiger partial charge < -0.3 is 5.11 Å². The van der Waals surface area contributed by atoms with Crippen molar-refractivity contribution in [2.45, 2.75) is 466 Å². The Balaban J connectivity index is 0.000000443. The quantitative estimate of drug-likeness (QED) is 0.0440. The van der Waals surface area contributed by atoms with Gasteiger partial charge in [0.25, 0.3) is 0 Å². The second kappa shape index (κ2) is 40.6. The molecule has 0 saturated heterocycles. The topological polar surface area (TPSA) is 88.5 Å². The van der Waals surface area contributed by atoms with Crippen LogP contribution in [0.5, 0.6) is 0 Å². The Bertz CT molecular complexity index is 1680. The number of quaternary nitrogens is 3. The summed E-state index contributed by atoms with van der Waals surface area (Å²) in [6, 6.07) is 3.52. The van der Waals surface area contributed by atoms with Crippen molar-refractivity contribution in [3.8, 4) is 0 Å². The van der Waals surface area contributed by atoms with Crippen LogP contribution in [0.4, 0.5) is 0 Å². The average molecular weight is 1220 g/mol. The number of carboxylic acids is 1. The average Bonchev–Trinajstić information content (AvgIpc) is 0.933. The molecule has 0 atom stereocenters. The molecule has 8 nitrogen and oxygen atoms in total. The monoisotopic (exact) mass is 1220 g/mol. The molecule has 0 heterocycles. The minimum absolute atomic E-state index is 0. The number of hydrogen-bond donors (Lipinski definition) is 1. The predicted octanol–water partition coefficient (Wildman–Crippen LogP) is 21.1. The van der Waals surface area contributed by atoms with E-state index in [1.54, 1.807) is 0 Å². The van der Waals surface area contributed by atoms with E-state index in [1.807, 2.05) is 0 Å². The fraction of sp³-hybridized carbons (Fsp3) is 0.949. The van der Waals surface area contributed by atoms with Gasteiger partial charge in [0, 0.05) is 6.42 Å². The third kappa shape index (κ3) is 20.0. The maximum absolute atomic E-state index is 17.5. The first-order valence-corrected chi connectivity index (χ1v) is 39.8. The van der Waals surface area contributed by atoms with Crippen molar-refractivity contribution in [3.63, 3.8) is 0 Å². The van der Waals surface area contributed by atoms with Crippen LogP contribution in [0.15, 0.2) is 0 Å². The zero-order chi connectivity index (χ0) is 60.1. The van der Waals surface area contributed by atoms with Crippen molar-refractivity contribution < 1.29 is 37.7 Å². The molecular weight excluding hydrogens is 1080 g/mol. The van der Waals surface area contributed by atoms with Gasteiger partial charge in [0.2, 0.25) is 0 Å². The Morgan fingerprint density at radius 2 is 0.471 bits per heavy atom. The van der Waals surface area contributed by atoms with Crippen LogP contribution in [0.3, 0.4) is 0 Å². The molecule has 9 heteroatoms. The number of unbranched alkanes of at least 4 members (excludes halogenated alkanes) is 14. The Labute approximate surface area is 559 Å². The van der Waals surface area contributed by atoms with E-state index < -0.39 is 11.9 Å². The van der Waals surface area contributed by atoms with Gasteiger partial charge in [-0.1, -0.05) is 155 Å². The molecule has 87 heavy (non-hydrogen) atoms. The van der Waals surface area contributed by atoms with Crippen LogP contribution in [-0.4, -0.2) is 126 Å². The SMILES string of the molecule is CCCCCCCCCCCCCCCCCC(=O)O.O=C(CC(CC(=O)[N+](C1CCCCC1)(C1CCCCC1)C1CCCCC1)C(=O)[N+](C1CCCCC1)(C1CCCCC1)C1CCCCC1)[N+](C1CCCCC1)(C1CCCCC1)C1CCCCC1.[NaH]. The van der Waals surface area contributed by atoms with E-state index in [0.717, 1.165) is 21.8 Å². The van der Waals surface area contributed by atoms with Crippen molar-refractivity contribution in [1.82, 2.24) is 0 Å². The summed E-state index contributed by atoms with van der Waals surface area (Å²) in [5.74, 6) is 0.251. The van der Waals surface area contributed by atoms with Crippen molar-refractivity contribution >= 4 is 53.2 Å². The van der Waals surface area contributed by atoms with Crippen LogP contribution in [0.25, 0.3) is 0 Å². The van der Waals surface area contributed by atoms with Gasteiger partial charge in [0.15, 0.2) is 0 Å². The van der Waals surface area contributed by atoms with E-state index in [-0.39, 0.29) is 29.6 Å². The van der Waals surface area contributed by atoms with Gasteiger partial charge in [-0.05, 0) is 238 Å². The minimum atomic E-state index is -0.653. The third-order valence-corrected chi connectivity index (χ3v) is 26.0. The van der Waals surface area contributed by atoms with Gasteiger partial charge in [-0.3, -0.25) is 18.2 Å². The first-order valence-electron chi connectivity index (χ1n) is 39.8. The van der Waals surface area contributed by atoms with Crippen molar-refractivity contribution in [1.29, 1.82) is 0 Å². The first-order chi connectivity index (χ1) is 42.3. The molecule has 9 rings (SSSR count). The van der Waals surface area contributed by atoms with Crippen LogP contribution >= 0.6 is 0 Å². The van der Waals surface area contributed by atoms with Crippen LogP contribution in [-0.2, 0) is 19.2 Å². The summed E-state index contributed by atoms with van der Waals surface area (Å²) in [7, 11) is 0. The second-order valence-corrected chi connectivity index (χ2v) is 31.5. The summed E-state index contributed by atoms with van der Waals surface area (Å²) in [5, 5.41) is 8.52. The number of carboxylic acid groups (broad SMARTS) is 1. The molecule has 3 amide bonds. The van der Waals surface area contributed by atoms with Gasteiger partial charge in [-0.25, -0.2) is 14.4 Å². The molecule has 9 fully saturated rings. The molecule has 0 aromatic heterocycles. The number of hydrogen-bond acceptors (Lipinski definition) is 4. The molecular formula is C78H141N3NaO5+3. The normalized spacial score (nSPS) is 23.4. The maximum atomic E-state index is 17.5. The summed E-state index contributed by atoms with van der Waals surface area (Å²) < 4.78 is 2.14. The Morgan fingerprint density at radius 1 is 0.287 bits per heavy atom. The van der Waals surface area contributed by atoms with E-state index in [1.165, 1.54) is 372 Å². The van der Waals surface area contributed by atoms with Crippen LogP contribution in [0, 0.1) is 5.92 Å². The van der Waals surface area contributed by atoms with Gasteiger partial charge in [0.05, 0.1) is 73.1 Å². The van der Waals surface area contributed by atoms with E-state index >= 15 is 14.4 Å². The Hall–Kier alpha value is -0.640. The first kappa shape index (κ1) is 73.8. The Morgan fingerprint density at radius 3 is 0.667 bits per heavy atom. The van der Waals surface area contributed by atoms with Crippen molar-refractivity contribution in [2.24, 2.45) is 5.92 Å². The van der Waals surface area contributed by atoms with E-state index in [0.29, 0.717) is 95.8 Å². The molecule has 1 N–H and O–H groups in total. The molecule has 0 aromatic carbocycles. The fourth-order valence-electron chi connectivity index (χ4n) is 22.0. The summed E-state index contributed by atoms with van der Waals surface area (Å²) in [5.41, 5.74) is 0. The molecule has 0 radical (unpaired) electrons. The standard InChI is InChI=1S/C60H104N3O3.C18H36O2.Na.H/c64-58(61(49-28-10-1-11-29-49,50-30-12-2-13-31-50)51-32-14-3-15-33-51)46-48(60(66)63(55-40-22-7-23-41-55,56-42-24-8-25-43-56)57-44-26-9-27-45-57)47-59(65)62(52-34-16-4-17-35-52,53-36-18-5-19-37-53)54-38-20-6-21-39-54;1-2-3-4-5-6-7-8-9-10-11-12-13-14-15-16-17-18(19)20;;/h48-57H,1-47H2;2-17H2,1H3,(H,19,20);;/q+3;;;. The summed E-state index contributed by atoms with van der Waals surface area (Å²) in [4.78, 5) is 61.8. The fourth-order valence-corrected chi connectivity index (χ4v) is 22.0. The van der Waals surface area contributed by atoms with Gasteiger partial charge in [0.1, 0.15) is 0 Å². The summed E-state index contributed by atoms with van der Waals surface area (Å²) >= 11 is 0. The summed E-state index contributed by atoms with van der Waals surface area (Å²) in [6.45, 7) is 2.27. The van der Waals surface area contributed by atoms with E-state index in [2.05, 4.69) is 6.92 Å². The van der Waals surface area contributed by atoms with E-state index in [4.69, 9.17) is 5.11 Å². The number of carbonyl (C=O) groups is 4. The molecule has 9 saturated carbocycles. The molecule has 0 bridgehead atoms. The summed E-state index contributed by atoms with van der Waals surface area (Å²) in [6.07, 6.45) is 76.5. The van der Waals surface area contributed by atoms with Gasteiger partial charge in [-0.2, -0.15) is 0 Å². The van der Waals surface area contributed by atoms with Crippen LogP contribution < -0.4 is 0 Å². The zero-order valence-corrected chi connectivity index (χ0v) is 56.7. The van der Waals surface area contributed by atoms with Gasteiger partial charge in [-0.15, -0.1) is 0 Å². The zero-order valence-electron chi connectivity index (χ0n) is 56.7. The predicted molar refractivity (Wildman–Crippen MR) is 365 cm³/mol. The molecule has 9 aliphatic rings. The van der Waals surface area contributed by atoms with Crippen LogP contribution in [0.2, 0.25) is 0 Å². The molecule has 9 aliphatic carbocycles. The van der Waals surface area contributed by atoms with E-state index in [9.17, 15) is 4.79 Å². The molecule has 0 spiro atoms. The number of rotatable bonds is 30. The second-order valence-electron chi connectivity index (χ2n) is 31.5. The van der Waals surface area contributed by atoms with Gasteiger partial charge >= 0.3 is 53.2 Å². The molecule has 496 valence electrons. The molecule has 0 aliphatic heterocycles. The molecule has 0 unspecified atom stereocenters. The number of nitrogens with zero attached hydrogens (tertiary/aromatic N) is 3. The number of amides is 3. The number of aliphatic carboxylic acids is 1.